The van der Waals surface area contributed by atoms with E-state index in [2.05, 4.69) is 15.3 Å². The highest BCUT2D eigenvalue weighted by molar-refractivity contribution is 7.84. The van der Waals surface area contributed by atoms with E-state index in [1.165, 1.54) is 24.4 Å². The van der Waals surface area contributed by atoms with Crippen LogP contribution in [0.3, 0.4) is 0 Å². The van der Waals surface area contributed by atoms with Crippen LogP contribution in [0.4, 0.5) is 18.9 Å². The quantitative estimate of drug-likeness (QED) is 0.504. The third-order valence-electron chi connectivity index (χ3n) is 5.01. The van der Waals surface area contributed by atoms with E-state index in [1.54, 1.807) is 12.1 Å². The minimum absolute atomic E-state index is 0.00312. The fraction of sp³-hybridized carbons (Fsp3) is 0.273. The van der Waals surface area contributed by atoms with Crippen LogP contribution in [0.5, 0.6) is 5.75 Å². The molecular weight excluding hydrogens is 443 g/mol. The van der Waals surface area contributed by atoms with Gasteiger partial charge in [0.05, 0.1) is 34.9 Å². The first kappa shape index (κ1) is 22.1. The lowest BCUT2D eigenvalue weighted by Crippen LogP contribution is -2.18. The second-order valence-corrected chi connectivity index (χ2v) is 8.75. The molecule has 32 heavy (non-hydrogen) atoms. The van der Waals surface area contributed by atoms with E-state index in [0.29, 0.717) is 31.6 Å². The molecule has 0 bridgehead atoms. The summed E-state index contributed by atoms with van der Waals surface area (Å²) in [5, 5.41) is 2.93. The summed E-state index contributed by atoms with van der Waals surface area (Å²) in [6, 6.07) is 10.6. The number of anilines is 1. The number of imidazole rings is 1. The van der Waals surface area contributed by atoms with Crippen molar-refractivity contribution in [1.29, 1.82) is 0 Å². The third kappa shape index (κ3) is 5.01. The predicted molar refractivity (Wildman–Crippen MR) is 114 cm³/mol. The van der Waals surface area contributed by atoms with Gasteiger partial charge in [-0.15, -0.1) is 0 Å². The molecule has 0 saturated heterocycles. The van der Waals surface area contributed by atoms with Gasteiger partial charge in [0.2, 0.25) is 5.91 Å². The van der Waals surface area contributed by atoms with Crippen LogP contribution in [0.1, 0.15) is 24.0 Å². The number of nitrogens with zero attached hydrogens (tertiary/aromatic N) is 1. The molecule has 0 radical (unpaired) electrons. The van der Waals surface area contributed by atoms with Gasteiger partial charge in [-0.05, 0) is 42.7 Å². The van der Waals surface area contributed by atoms with E-state index >= 15 is 0 Å². The Kier molecular flexibility index (Phi) is 6.31. The van der Waals surface area contributed by atoms with Gasteiger partial charge in [-0.1, -0.05) is 18.2 Å². The molecule has 2 aromatic carbocycles. The lowest BCUT2D eigenvalue weighted by Gasteiger charge is -2.17. The molecule has 1 atom stereocenters. The Morgan fingerprint density at radius 3 is 2.75 bits per heavy atom. The lowest BCUT2D eigenvalue weighted by molar-refractivity contribution is -0.137. The highest BCUT2D eigenvalue weighted by Gasteiger charge is 2.33. The highest BCUT2D eigenvalue weighted by Crippen LogP contribution is 2.36. The van der Waals surface area contributed by atoms with Crippen molar-refractivity contribution in [3.63, 3.8) is 0 Å². The Labute approximate surface area is 184 Å². The first-order chi connectivity index (χ1) is 15.3. The molecule has 2 heterocycles. The number of aromatic nitrogens is 2. The van der Waals surface area contributed by atoms with E-state index in [9.17, 15) is 22.2 Å². The third-order valence-corrected chi connectivity index (χ3v) is 6.30. The molecule has 6 nitrogen and oxygen atoms in total. The second kappa shape index (κ2) is 9.15. The summed E-state index contributed by atoms with van der Waals surface area (Å²) >= 11 is 0. The first-order valence-electron chi connectivity index (χ1n) is 9.97. The van der Waals surface area contributed by atoms with Gasteiger partial charge < -0.3 is 15.0 Å². The van der Waals surface area contributed by atoms with Gasteiger partial charge >= 0.3 is 6.18 Å². The maximum Gasteiger partial charge on any atom is 0.417 e. The summed E-state index contributed by atoms with van der Waals surface area (Å²) in [5.74, 6) is 0.904. The number of alkyl halides is 3. The van der Waals surface area contributed by atoms with Gasteiger partial charge in [0.1, 0.15) is 5.75 Å². The number of hydrogen-bond donors (Lipinski definition) is 2. The van der Waals surface area contributed by atoms with Crippen LogP contribution in [-0.4, -0.2) is 32.4 Å². The SMILES string of the molecule is O=C1CCc2cc(OCCCS(=O)c3ncc(-c4ccccc4C(F)(F)F)[nH]3)ccc2N1. The van der Waals surface area contributed by atoms with Gasteiger partial charge in [-0.25, -0.2) is 4.98 Å². The van der Waals surface area contributed by atoms with Crippen LogP contribution in [0, 0.1) is 0 Å². The molecule has 168 valence electrons. The van der Waals surface area contributed by atoms with Crippen LogP contribution in [0.25, 0.3) is 11.3 Å². The van der Waals surface area contributed by atoms with E-state index in [1.807, 2.05) is 6.07 Å². The topological polar surface area (TPSA) is 84.1 Å². The predicted octanol–water partition coefficient (Wildman–Crippen LogP) is 4.56. The molecule has 3 aromatic rings. The van der Waals surface area contributed by atoms with Crippen LogP contribution in [-0.2, 0) is 28.2 Å². The average Bonchev–Trinajstić information content (AvgIpc) is 3.26. The number of hydrogen-bond acceptors (Lipinski definition) is 4. The number of carbonyl (C=O) groups excluding carboxylic acids is 1. The zero-order chi connectivity index (χ0) is 22.7. The molecule has 10 heteroatoms. The Balaban J connectivity index is 1.33. The maximum atomic E-state index is 13.2. The molecule has 0 aliphatic carbocycles. The first-order valence-corrected chi connectivity index (χ1v) is 11.3. The standard InChI is InChI=1S/C22H20F3N3O3S/c23-22(24,25)17-5-2-1-4-16(17)19-13-26-21(28-19)32(30)11-3-10-31-15-7-8-18-14(12-15)6-9-20(29)27-18/h1-2,4-5,7-8,12-13H,3,6,9-11H2,(H,26,28)(H,27,29). The number of benzene rings is 2. The monoisotopic (exact) mass is 463 g/mol. The van der Waals surface area contributed by atoms with Gasteiger partial charge in [0.25, 0.3) is 0 Å². The Morgan fingerprint density at radius 1 is 1.12 bits per heavy atom. The van der Waals surface area contributed by atoms with Crippen LogP contribution in [0.15, 0.2) is 53.8 Å². The molecule has 1 amide bonds. The number of halogens is 3. The number of nitrogens with one attached hydrogen (secondary N) is 2. The largest absolute Gasteiger partial charge is 0.494 e. The fourth-order valence-corrected chi connectivity index (χ4v) is 4.41. The van der Waals surface area contributed by atoms with E-state index in [0.717, 1.165) is 17.3 Å². The molecule has 2 N–H and O–H groups in total. The molecular formula is C22H20F3N3O3S. The average molecular weight is 463 g/mol. The van der Waals surface area contributed by atoms with E-state index < -0.39 is 22.5 Å². The van der Waals surface area contributed by atoms with Crippen molar-refractivity contribution >= 4 is 22.4 Å². The van der Waals surface area contributed by atoms with Gasteiger partial charge in [0, 0.05) is 23.4 Å². The van der Waals surface area contributed by atoms with Crippen molar-refractivity contribution < 1.29 is 26.9 Å². The van der Waals surface area contributed by atoms with Crippen molar-refractivity contribution in [2.24, 2.45) is 0 Å². The summed E-state index contributed by atoms with van der Waals surface area (Å²) in [4.78, 5) is 18.2. The van der Waals surface area contributed by atoms with Crippen molar-refractivity contribution in [3.05, 3.63) is 59.8 Å². The van der Waals surface area contributed by atoms with Crippen molar-refractivity contribution in [1.82, 2.24) is 9.97 Å². The summed E-state index contributed by atoms with van der Waals surface area (Å²) in [6.07, 6.45) is -1.68. The second-order valence-electron chi connectivity index (χ2n) is 7.26. The van der Waals surface area contributed by atoms with Crippen LogP contribution >= 0.6 is 0 Å². The summed E-state index contributed by atoms with van der Waals surface area (Å²) in [5.41, 5.74) is 1.14. The van der Waals surface area contributed by atoms with Crippen molar-refractivity contribution in [2.75, 3.05) is 17.7 Å². The van der Waals surface area contributed by atoms with Gasteiger partial charge in [-0.3, -0.25) is 9.00 Å². The number of ether oxygens (including phenoxy) is 1. The lowest BCUT2D eigenvalue weighted by atomic mass is 10.0. The van der Waals surface area contributed by atoms with Crippen LogP contribution < -0.4 is 10.1 Å². The Hall–Kier alpha value is -3.14. The molecule has 4 rings (SSSR count). The molecule has 1 aromatic heterocycles. The fourth-order valence-electron chi connectivity index (χ4n) is 3.45. The number of aryl methyl sites for hydroxylation is 1. The zero-order valence-corrected chi connectivity index (χ0v) is 17.7. The molecule has 0 saturated carbocycles. The maximum absolute atomic E-state index is 13.2. The summed E-state index contributed by atoms with van der Waals surface area (Å²) in [6.45, 7) is 0.321. The minimum Gasteiger partial charge on any atom is -0.494 e. The number of fused-ring (bicyclic) bond motifs is 1. The number of carbonyl (C=O) groups is 1. The summed E-state index contributed by atoms with van der Waals surface area (Å²) < 4.78 is 57.9. The number of H-pyrrole nitrogens is 1. The van der Waals surface area contributed by atoms with Crippen molar-refractivity contribution in [3.8, 4) is 17.0 Å². The van der Waals surface area contributed by atoms with Crippen molar-refractivity contribution in [2.45, 2.75) is 30.6 Å². The molecule has 0 fully saturated rings. The van der Waals surface area contributed by atoms with E-state index in [4.69, 9.17) is 4.74 Å². The molecule has 0 spiro atoms. The number of amides is 1. The molecule has 1 aliphatic heterocycles. The van der Waals surface area contributed by atoms with Crippen LogP contribution in [0.2, 0.25) is 0 Å². The number of rotatable bonds is 7. The van der Waals surface area contributed by atoms with E-state index in [-0.39, 0.29) is 28.1 Å². The van der Waals surface area contributed by atoms with Gasteiger partial charge in [0.15, 0.2) is 5.16 Å². The normalized spacial score (nSPS) is 14.5. The minimum atomic E-state index is -4.50. The number of aromatic amines is 1. The Morgan fingerprint density at radius 2 is 1.94 bits per heavy atom. The molecule has 1 unspecified atom stereocenters. The highest BCUT2D eigenvalue weighted by atomic mass is 32.2. The van der Waals surface area contributed by atoms with Gasteiger partial charge in [-0.2, -0.15) is 13.2 Å². The molecule has 1 aliphatic rings. The summed E-state index contributed by atoms with van der Waals surface area (Å²) in [7, 11) is -1.50. The smallest absolute Gasteiger partial charge is 0.417 e. The Bertz CT molecular complexity index is 1160. The zero-order valence-electron chi connectivity index (χ0n) is 16.9.